The van der Waals surface area contributed by atoms with Gasteiger partial charge in [-0.2, -0.15) is 10.4 Å². The van der Waals surface area contributed by atoms with Crippen LogP contribution in [-0.4, -0.2) is 24.1 Å². The van der Waals surface area contributed by atoms with Gasteiger partial charge in [-0.25, -0.2) is 13.9 Å². The van der Waals surface area contributed by atoms with Gasteiger partial charge in [-0.05, 0) is 25.1 Å². The second-order valence-corrected chi connectivity index (χ2v) is 7.63. The van der Waals surface area contributed by atoms with Crippen LogP contribution in [0.4, 0.5) is 4.39 Å². The van der Waals surface area contributed by atoms with Crippen molar-refractivity contribution < 1.29 is 9.13 Å². The number of aromatic nitrogens is 5. The van der Waals surface area contributed by atoms with Gasteiger partial charge in [-0.1, -0.05) is 0 Å². The van der Waals surface area contributed by atoms with Gasteiger partial charge in [0.2, 0.25) is 0 Å². The summed E-state index contributed by atoms with van der Waals surface area (Å²) in [5.74, 6) is -0.322. The van der Waals surface area contributed by atoms with Gasteiger partial charge in [0.15, 0.2) is 11.6 Å². The standard InChI is InChI=1S/C21H22FN9O2/c1-10-13-6-11(22)4-5-12(13)20-28-30(3)21(32)31(20)9-15-18(16(8-23)29(2)27-15)14(24)7-17(33-10)19(25)26/h4-7,10H,9,24-26H2,1-3H3/b14-7-. The number of ether oxygens (including phenoxy) is 1. The van der Waals surface area contributed by atoms with E-state index in [1.807, 2.05) is 0 Å². The Hall–Kier alpha value is -4.53. The Labute approximate surface area is 187 Å². The van der Waals surface area contributed by atoms with Crippen LogP contribution in [0.5, 0.6) is 0 Å². The largest absolute Gasteiger partial charge is 0.482 e. The Morgan fingerprint density at radius 1 is 1.27 bits per heavy atom. The first-order valence-corrected chi connectivity index (χ1v) is 9.91. The molecule has 1 atom stereocenters. The summed E-state index contributed by atoms with van der Waals surface area (Å²) >= 11 is 0. The molecule has 0 saturated carbocycles. The third-order valence-corrected chi connectivity index (χ3v) is 5.40. The maximum absolute atomic E-state index is 14.2. The summed E-state index contributed by atoms with van der Waals surface area (Å²) in [6, 6.07) is 6.17. The van der Waals surface area contributed by atoms with Crippen molar-refractivity contribution in [2.75, 3.05) is 0 Å². The van der Waals surface area contributed by atoms with Crippen LogP contribution in [0.25, 0.3) is 17.1 Å². The third kappa shape index (κ3) is 3.59. The van der Waals surface area contributed by atoms with E-state index in [9.17, 15) is 14.4 Å². The SMILES string of the molecule is CC1OC(=C(N)N)/C=C(\N)c2c(nn(C)c2C#N)Cn2c(nn(C)c2=O)-c2ccc(F)cc21. The summed E-state index contributed by atoms with van der Waals surface area (Å²) < 4.78 is 24.1. The highest BCUT2D eigenvalue weighted by molar-refractivity contribution is 5.71. The number of hydrogen-bond acceptors (Lipinski definition) is 8. The molecule has 1 aromatic carbocycles. The van der Waals surface area contributed by atoms with E-state index in [4.69, 9.17) is 21.9 Å². The summed E-state index contributed by atoms with van der Waals surface area (Å²) in [5, 5.41) is 18.5. The molecule has 0 aliphatic carbocycles. The lowest BCUT2D eigenvalue weighted by Crippen LogP contribution is -2.24. The summed E-state index contributed by atoms with van der Waals surface area (Å²) in [7, 11) is 3.10. The zero-order valence-electron chi connectivity index (χ0n) is 18.2. The lowest BCUT2D eigenvalue weighted by molar-refractivity contribution is 0.140. The fourth-order valence-electron chi connectivity index (χ4n) is 3.84. The summed E-state index contributed by atoms with van der Waals surface area (Å²) in [4.78, 5) is 13.0. The normalized spacial score (nSPS) is 17.2. The first-order chi connectivity index (χ1) is 15.6. The van der Waals surface area contributed by atoms with E-state index in [1.54, 1.807) is 14.0 Å². The maximum Gasteiger partial charge on any atom is 0.346 e. The Balaban J connectivity index is 2.10. The van der Waals surface area contributed by atoms with Crippen molar-refractivity contribution in [1.29, 1.82) is 5.26 Å². The topological polar surface area (TPSA) is 169 Å². The number of aryl methyl sites for hydroxylation is 2. The average molecular weight is 451 g/mol. The predicted molar refractivity (Wildman–Crippen MR) is 117 cm³/mol. The van der Waals surface area contributed by atoms with Crippen molar-refractivity contribution in [3.63, 3.8) is 0 Å². The molecule has 11 nitrogen and oxygen atoms in total. The zero-order chi connectivity index (χ0) is 24.0. The number of nitrogens with two attached hydrogens (primary N) is 3. The molecule has 0 spiro atoms. The molecule has 33 heavy (non-hydrogen) atoms. The van der Waals surface area contributed by atoms with Crippen molar-refractivity contribution in [3.8, 4) is 17.5 Å². The first kappa shape index (κ1) is 21.7. The van der Waals surface area contributed by atoms with Crippen LogP contribution in [-0.2, 0) is 25.4 Å². The molecule has 0 saturated heterocycles. The molecule has 2 aromatic heterocycles. The van der Waals surface area contributed by atoms with Crippen molar-refractivity contribution in [2.45, 2.75) is 19.6 Å². The van der Waals surface area contributed by atoms with Crippen molar-refractivity contribution in [1.82, 2.24) is 24.1 Å². The van der Waals surface area contributed by atoms with Crippen molar-refractivity contribution in [2.24, 2.45) is 31.3 Å². The lowest BCUT2D eigenvalue weighted by Gasteiger charge is -2.21. The maximum atomic E-state index is 14.2. The predicted octanol–water partition coefficient (Wildman–Crippen LogP) is 0.519. The minimum Gasteiger partial charge on any atom is -0.482 e. The van der Waals surface area contributed by atoms with Gasteiger partial charge in [-0.15, -0.1) is 5.10 Å². The summed E-state index contributed by atoms with van der Waals surface area (Å²) in [5.41, 5.74) is 19.4. The van der Waals surface area contributed by atoms with Gasteiger partial charge in [0.25, 0.3) is 0 Å². The fraction of sp³-hybridized carbons (Fsp3) is 0.238. The van der Waals surface area contributed by atoms with E-state index in [0.29, 0.717) is 22.4 Å². The van der Waals surface area contributed by atoms with E-state index in [-0.39, 0.29) is 35.3 Å². The minimum atomic E-state index is -0.745. The number of nitriles is 1. The number of benzene rings is 1. The Morgan fingerprint density at radius 3 is 2.67 bits per heavy atom. The Morgan fingerprint density at radius 2 is 2.00 bits per heavy atom. The van der Waals surface area contributed by atoms with Gasteiger partial charge in [0.05, 0.1) is 17.8 Å². The van der Waals surface area contributed by atoms with Gasteiger partial charge in [0.1, 0.15) is 29.5 Å². The molecule has 1 aliphatic heterocycles. The Kier molecular flexibility index (Phi) is 5.17. The quantitative estimate of drug-likeness (QED) is 0.444. The Bertz CT molecular complexity index is 1430. The first-order valence-electron chi connectivity index (χ1n) is 9.91. The van der Waals surface area contributed by atoms with Gasteiger partial charge < -0.3 is 21.9 Å². The molecule has 1 aliphatic rings. The molecule has 0 amide bonds. The highest BCUT2D eigenvalue weighted by atomic mass is 19.1. The average Bonchev–Trinajstić information content (AvgIpc) is 3.22. The van der Waals surface area contributed by atoms with E-state index in [0.717, 1.165) is 0 Å². The van der Waals surface area contributed by atoms with Crippen LogP contribution in [0, 0.1) is 17.1 Å². The summed E-state index contributed by atoms with van der Waals surface area (Å²) in [6.45, 7) is 1.64. The van der Waals surface area contributed by atoms with Gasteiger partial charge >= 0.3 is 5.69 Å². The van der Waals surface area contributed by atoms with E-state index < -0.39 is 17.6 Å². The molecule has 3 aromatic rings. The second-order valence-electron chi connectivity index (χ2n) is 7.63. The molecule has 4 rings (SSSR count). The molecular weight excluding hydrogens is 429 g/mol. The molecule has 0 fully saturated rings. The van der Waals surface area contributed by atoms with Gasteiger partial charge in [-0.3, -0.25) is 9.25 Å². The molecular formula is C21H22FN9O2. The minimum absolute atomic E-state index is 0.0371. The number of hydrogen-bond donors (Lipinski definition) is 3. The zero-order valence-corrected chi connectivity index (χ0v) is 18.2. The van der Waals surface area contributed by atoms with Crippen LogP contribution in [0.1, 0.15) is 35.5 Å². The molecule has 0 radical (unpaired) electrons. The molecule has 6 N–H and O–H groups in total. The number of rotatable bonds is 0. The highest BCUT2D eigenvalue weighted by Gasteiger charge is 2.26. The molecule has 1 unspecified atom stereocenters. The van der Waals surface area contributed by atoms with E-state index in [1.165, 1.54) is 45.3 Å². The number of nitrogens with zero attached hydrogens (tertiary/aromatic N) is 6. The molecule has 0 bridgehead atoms. The monoisotopic (exact) mass is 451 g/mol. The number of allylic oxidation sites excluding steroid dienone is 1. The van der Waals surface area contributed by atoms with Crippen LogP contribution in [0.3, 0.4) is 0 Å². The van der Waals surface area contributed by atoms with Crippen LogP contribution in [0.2, 0.25) is 0 Å². The molecule has 170 valence electrons. The number of halogens is 1. The van der Waals surface area contributed by atoms with Crippen molar-refractivity contribution >= 4 is 5.70 Å². The van der Waals surface area contributed by atoms with Crippen LogP contribution < -0.4 is 22.9 Å². The van der Waals surface area contributed by atoms with Crippen LogP contribution >= 0.6 is 0 Å². The number of fused-ring (bicyclic) bond motifs is 4. The molecule has 12 heteroatoms. The fourth-order valence-corrected chi connectivity index (χ4v) is 3.84. The second kappa shape index (κ2) is 7.86. The van der Waals surface area contributed by atoms with Crippen molar-refractivity contribution in [3.05, 3.63) is 74.7 Å². The van der Waals surface area contributed by atoms with Crippen LogP contribution in [0.15, 0.2) is 40.6 Å². The highest BCUT2D eigenvalue weighted by Crippen LogP contribution is 2.33. The smallest absolute Gasteiger partial charge is 0.346 e. The van der Waals surface area contributed by atoms with Gasteiger partial charge in [0, 0.05) is 37.0 Å². The summed E-state index contributed by atoms with van der Waals surface area (Å²) in [6.07, 6.45) is 0.645. The lowest BCUT2D eigenvalue weighted by atomic mass is 10.0. The molecule has 3 heterocycles. The third-order valence-electron chi connectivity index (χ3n) is 5.40. The van der Waals surface area contributed by atoms with E-state index in [2.05, 4.69) is 16.3 Å². The van der Waals surface area contributed by atoms with E-state index >= 15 is 0 Å².